The fourth-order valence-corrected chi connectivity index (χ4v) is 2.79. The van der Waals surface area contributed by atoms with Gasteiger partial charge in [0.05, 0.1) is 11.9 Å². The van der Waals surface area contributed by atoms with Gasteiger partial charge in [-0.3, -0.25) is 0 Å². The van der Waals surface area contributed by atoms with Crippen molar-refractivity contribution >= 4 is 17.9 Å². The van der Waals surface area contributed by atoms with Crippen molar-refractivity contribution in [2.24, 2.45) is 10.8 Å². The zero-order valence-corrected chi connectivity index (χ0v) is 17.2. The van der Waals surface area contributed by atoms with Crippen LogP contribution in [0.15, 0.2) is 72.2 Å². The zero-order valence-electron chi connectivity index (χ0n) is 17.2. The highest BCUT2D eigenvalue weighted by molar-refractivity contribution is 5.93. The van der Waals surface area contributed by atoms with Gasteiger partial charge < -0.3 is 10.5 Å². The number of hydrogen-bond acceptors (Lipinski definition) is 7. The van der Waals surface area contributed by atoms with Gasteiger partial charge in [0.2, 0.25) is 0 Å². The number of urea groups is 1. The second kappa shape index (κ2) is 9.77. The quantitative estimate of drug-likeness (QED) is 0.325. The first-order chi connectivity index (χ1) is 16.4. The molecule has 34 heavy (non-hydrogen) atoms. The molecule has 4 aromatic rings. The number of hydrazone groups is 1. The van der Waals surface area contributed by atoms with Gasteiger partial charge >= 0.3 is 6.03 Å². The molecule has 0 aliphatic rings. The number of benzene rings is 2. The summed E-state index contributed by atoms with van der Waals surface area (Å²) in [6, 6.07) is 11.0. The summed E-state index contributed by atoms with van der Waals surface area (Å²) in [6.07, 6.45) is 1.42. The molecule has 4 rings (SSSR count). The molecule has 2 amide bonds. The maximum absolute atomic E-state index is 14.7. The van der Waals surface area contributed by atoms with Crippen LogP contribution in [-0.2, 0) is 0 Å². The minimum Gasteiger partial charge on any atom is -0.454 e. The maximum Gasteiger partial charge on any atom is 0.340 e. The summed E-state index contributed by atoms with van der Waals surface area (Å²) in [4.78, 5) is 16.0. The lowest BCUT2D eigenvalue weighted by Crippen LogP contribution is -2.31. The average molecular weight is 468 g/mol. The fourth-order valence-electron chi connectivity index (χ4n) is 2.79. The van der Waals surface area contributed by atoms with Crippen molar-refractivity contribution in [1.82, 2.24) is 25.2 Å². The summed E-state index contributed by atoms with van der Waals surface area (Å²) in [6.45, 7) is 0. The van der Waals surface area contributed by atoms with E-state index in [1.807, 2.05) is 0 Å². The molecule has 0 aliphatic carbocycles. The number of halogens is 3. The van der Waals surface area contributed by atoms with E-state index in [0.29, 0.717) is 11.4 Å². The lowest BCUT2D eigenvalue weighted by Gasteiger charge is -2.15. The van der Waals surface area contributed by atoms with Crippen molar-refractivity contribution in [2.75, 3.05) is 5.01 Å². The summed E-state index contributed by atoms with van der Waals surface area (Å²) >= 11 is 0. The van der Waals surface area contributed by atoms with E-state index in [4.69, 9.17) is 10.5 Å². The molecule has 0 unspecified atom stereocenters. The van der Waals surface area contributed by atoms with Crippen LogP contribution in [0.1, 0.15) is 17.6 Å². The first-order valence-electron chi connectivity index (χ1n) is 9.59. The largest absolute Gasteiger partial charge is 0.454 e. The monoisotopic (exact) mass is 468 g/mol. The summed E-state index contributed by atoms with van der Waals surface area (Å²) in [5, 5.41) is 15.5. The summed E-state index contributed by atoms with van der Waals surface area (Å²) in [5.41, 5.74) is 5.68. The molecule has 0 bridgehead atoms. The molecule has 2 aromatic heterocycles. The molecule has 0 saturated heterocycles. The summed E-state index contributed by atoms with van der Waals surface area (Å²) in [5.74, 6) is -0.297. The van der Waals surface area contributed by atoms with Crippen LogP contribution in [0.3, 0.4) is 0 Å². The minimum atomic E-state index is -2.60. The molecule has 0 aliphatic heterocycles. The average Bonchev–Trinajstić information content (AvgIpc) is 3.36. The second-order valence-corrected chi connectivity index (χ2v) is 6.68. The Morgan fingerprint density at radius 2 is 1.94 bits per heavy atom. The van der Waals surface area contributed by atoms with Crippen molar-refractivity contribution in [3.8, 4) is 17.3 Å². The van der Waals surface area contributed by atoms with E-state index in [0.717, 1.165) is 11.1 Å². The third kappa shape index (κ3) is 5.15. The van der Waals surface area contributed by atoms with Gasteiger partial charge in [-0.25, -0.2) is 22.9 Å². The van der Waals surface area contributed by atoms with Gasteiger partial charge in [-0.2, -0.15) is 14.8 Å². The van der Waals surface area contributed by atoms with E-state index in [1.165, 1.54) is 72.0 Å². The number of nitrogens with zero attached hydrogens (tertiary/aromatic N) is 7. The highest BCUT2D eigenvalue weighted by atomic mass is 19.3. The van der Waals surface area contributed by atoms with Crippen molar-refractivity contribution in [3.63, 3.8) is 0 Å². The van der Waals surface area contributed by atoms with Crippen molar-refractivity contribution < 1.29 is 22.7 Å². The topological polar surface area (TPSA) is 124 Å². The number of nitrogens with two attached hydrogens (primary N) is 1. The molecular formula is C21H15F3N8O2. The number of pyridine rings is 1. The number of amides is 2. The molecule has 0 saturated carbocycles. The van der Waals surface area contributed by atoms with Crippen LogP contribution in [-0.4, -0.2) is 37.4 Å². The van der Waals surface area contributed by atoms with Crippen molar-refractivity contribution in [2.45, 2.75) is 6.43 Å². The first-order valence-corrected chi connectivity index (χ1v) is 9.59. The van der Waals surface area contributed by atoms with Crippen molar-refractivity contribution in [1.29, 1.82) is 0 Å². The Morgan fingerprint density at radius 3 is 2.59 bits per heavy atom. The number of tetrazole rings is 1. The molecule has 0 atom stereocenters. The number of aromatic nitrogens is 5. The van der Waals surface area contributed by atoms with E-state index in [2.05, 4.69) is 25.6 Å². The Balaban J connectivity index is 1.52. The molecule has 2 aromatic carbocycles. The lowest BCUT2D eigenvalue weighted by molar-refractivity contribution is 0.151. The molecule has 0 spiro atoms. The van der Waals surface area contributed by atoms with Gasteiger partial charge in [-0.1, -0.05) is 24.3 Å². The van der Waals surface area contributed by atoms with E-state index < -0.39 is 18.3 Å². The van der Waals surface area contributed by atoms with Crippen LogP contribution in [0.2, 0.25) is 0 Å². The maximum atomic E-state index is 14.7. The van der Waals surface area contributed by atoms with Gasteiger partial charge in [0.1, 0.15) is 12.1 Å². The van der Waals surface area contributed by atoms with Crippen molar-refractivity contribution in [3.05, 3.63) is 84.1 Å². The minimum absolute atomic E-state index is 0.0295. The Labute approximate surface area is 190 Å². The Bertz CT molecular complexity index is 1310. The Hall–Kier alpha value is -4.81. The molecule has 10 nitrogen and oxygen atoms in total. The fraction of sp³-hybridized carbons (Fsp3) is 0.0476. The SMILES string of the molecule is NC(=O)N(/N=C/c1ccc(C(F)F)cc1)c1ccc(Oc2ccnc(-n3cnnn3)c2)c(F)c1. The van der Waals surface area contributed by atoms with Gasteiger partial charge in [-0.15, -0.1) is 5.10 Å². The molecule has 0 radical (unpaired) electrons. The Kier molecular flexibility index (Phi) is 6.43. The number of alkyl halides is 2. The zero-order chi connectivity index (χ0) is 24.1. The van der Waals surface area contributed by atoms with Gasteiger partial charge in [-0.05, 0) is 34.2 Å². The highest BCUT2D eigenvalue weighted by Crippen LogP contribution is 2.29. The normalized spacial score (nSPS) is 11.2. The third-order valence-corrected chi connectivity index (χ3v) is 4.41. The van der Waals surface area contributed by atoms with E-state index in [-0.39, 0.29) is 22.7 Å². The number of primary amides is 1. The molecule has 0 fully saturated rings. The van der Waals surface area contributed by atoms with Crippen LogP contribution in [0.25, 0.3) is 5.82 Å². The second-order valence-electron chi connectivity index (χ2n) is 6.68. The number of hydrogen-bond donors (Lipinski definition) is 1. The van der Waals surface area contributed by atoms with E-state index in [1.54, 1.807) is 0 Å². The van der Waals surface area contributed by atoms with E-state index in [9.17, 15) is 18.0 Å². The van der Waals surface area contributed by atoms with Crippen LogP contribution in [0.4, 0.5) is 23.7 Å². The number of rotatable bonds is 7. The Morgan fingerprint density at radius 1 is 1.15 bits per heavy atom. The van der Waals surface area contributed by atoms with Crippen LogP contribution >= 0.6 is 0 Å². The van der Waals surface area contributed by atoms with Crippen LogP contribution in [0.5, 0.6) is 11.5 Å². The van der Waals surface area contributed by atoms with Gasteiger partial charge in [0.25, 0.3) is 6.43 Å². The van der Waals surface area contributed by atoms with Crippen LogP contribution < -0.4 is 15.5 Å². The molecule has 2 N–H and O–H groups in total. The number of anilines is 1. The lowest BCUT2D eigenvalue weighted by atomic mass is 10.1. The highest BCUT2D eigenvalue weighted by Gasteiger charge is 2.15. The molecule has 13 heteroatoms. The summed E-state index contributed by atoms with van der Waals surface area (Å²) < 4.78 is 47.0. The summed E-state index contributed by atoms with van der Waals surface area (Å²) in [7, 11) is 0. The predicted octanol–water partition coefficient (Wildman–Crippen LogP) is 3.85. The molecule has 2 heterocycles. The standard InChI is InChI=1S/C21H15F3N8O2/c22-17-9-15(32(21(25)33)28-11-13-1-3-14(4-2-13)20(23)24)5-6-18(17)34-16-7-8-26-19(10-16)31-12-27-29-30-31/h1-12,20H,(H2,25,33)/b28-11+. The first kappa shape index (κ1) is 22.4. The van der Waals surface area contributed by atoms with Gasteiger partial charge in [0.15, 0.2) is 17.4 Å². The van der Waals surface area contributed by atoms with E-state index >= 15 is 0 Å². The molecular weight excluding hydrogens is 453 g/mol. The number of carbonyl (C=O) groups excluding carboxylic acids is 1. The van der Waals surface area contributed by atoms with Crippen LogP contribution in [0, 0.1) is 5.82 Å². The number of ether oxygens (including phenoxy) is 1. The smallest absolute Gasteiger partial charge is 0.340 e. The predicted molar refractivity (Wildman–Crippen MR) is 114 cm³/mol. The van der Waals surface area contributed by atoms with Gasteiger partial charge in [0, 0.05) is 23.9 Å². The number of carbonyl (C=O) groups is 1. The molecule has 172 valence electrons. The third-order valence-electron chi connectivity index (χ3n) is 4.41.